The Morgan fingerprint density at radius 2 is 1.88 bits per heavy atom. The lowest BCUT2D eigenvalue weighted by Gasteiger charge is -2.33. The quantitative estimate of drug-likeness (QED) is 0.718. The van der Waals surface area contributed by atoms with Crippen molar-refractivity contribution in [3.63, 3.8) is 0 Å². The van der Waals surface area contributed by atoms with Crippen molar-refractivity contribution in [2.45, 2.75) is 71.3 Å². The van der Waals surface area contributed by atoms with Crippen LogP contribution in [0.25, 0.3) is 0 Å². The van der Waals surface area contributed by atoms with E-state index < -0.39 is 0 Å². The first-order valence-electron chi connectivity index (χ1n) is 7.56. The molecule has 0 radical (unpaired) electrons. The highest BCUT2D eigenvalue weighted by molar-refractivity contribution is 4.87. The molecule has 2 fully saturated rings. The number of hydrogen-bond donors (Lipinski definition) is 1. The van der Waals surface area contributed by atoms with Crippen LogP contribution in [0, 0.1) is 17.8 Å². The molecular weight excluding hydrogens is 194 g/mol. The van der Waals surface area contributed by atoms with Gasteiger partial charge >= 0.3 is 0 Å². The van der Waals surface area contributed by atoms with Gasteiger partial charge in [-0.25, -0.2) is 0 Å². The lowest BCUT2D eigenvalue weighted by atomic mass is 9.78. The summed E-state index contributed by atoms with van der Waals surface area (Å²) in [5.41, 5.74) is 0. The van der Waals surface area contributed by atoms with E-state index in [0.717, 1.165) is 30.3 Å². The average molecular weight is 223 g/mol. The topological polar surface area (TPSA) is 12.0 Å². The van der Waals surface area contributed by atoms with Crippen LogP contribution in [0.5, 0.6) is 0 Å². The van der Waals surface area contributed by atoms with E-state index >= 15 is 0 Å². The molecule has 2 aliphatic carbocycles. The maximum absolute atomic E-state index is 3.77. The van der Waals surface area contributed by atoms with Gasteiger partial charge in [0.1, 0.15) is 0 Å². The molecule has 0 bridgehead atoms. The molecule has 16 heavy (non-hydrogen) atoms. The molecule has 2 aliphatic rings. The van der Waals surface area contributed by atoms with E-state index in [1.54, 1.807) is 0 Å². The van der Waals surface area contributed by atoms with Gasteiger partial charge in [-0.3, -0.25) is 0 Å². The fourth-order valence-corrected chi connectivity index (χ4v) is 3.64. The summed E-state index contributed by atoms with van der Waals surface area (Å²) in [6.45, 7) is 5.78. The van der Waals surface area contributed by atoms with Gasteiger partial charge in [0.05, 0.1) is 0 Å². The molecule has 0 heterocycles. The summed E-state index contributed by atoms with van der Waals surface area (Å²) < 4.78 is 0. The Labute approximate surface area is 101 Å². The van der Waals surface area contributed by atoms with Gasteiger partial charge in [-0.2, -0.15) is 0 Å². The fourth-order valence-electron chi connectivity index (χ4n) is 3.64. The van der Waals surface area contributed by atoms with E-state index in [2.05, 4.69) is 19.2 Å². The molecule has 1 heteroatoms. The van der Waals surface area contributed by atoms with E-state index in [-0.39, 0.29) is 0 Å². The lowest BCUT2D eigenvalue weighted by molar-refractivity contribution is 0.221. The zero-order chi connectivity index (χ0) is 11.4. The van der Waals surface area contributed by atoms with E-state index in [1.165, 1.54) is 51.4 Å². The van der Waals surface area contributed by atoms with Crippen LogP contribution in [0.15, 0.2) is 0 Å². The third-order valence-electron chi connectivity index (χ3n) is 5.01. The van der Waals surface area contributed by atoms with Gasteiger partial charge in [0.2, 0.25) is 0 Å². The Morgan fingerprint density at radius 1 is 1.06 bits per heavy atom. The van der Waals surface area contributed by atoms with Crippen LogP contribution in [0.3, 0.4) is 0 Å². The third kappa shape index (κ3) is 3.00. The first kappa shape index (κ1) is 12.4. The average Bonchev–Trinajstić information content (AvgIpc) is 2.70. The Morgan fingerprint density at radius 3 is 2.38 bits per heavy atom. The van der Waals surface area contributed by atoms with E-state index in [0.29, 0.717) is 0 Å². The van der Waals surface area contributed by atoms with Crippen LogP contribution in [0.2, 0.25) is 0 Å². The summed E-state index contributed by atoms with van der Waals surface area (Å²) in [7, 11) is 0. The molecule has 2 saturated carbocycles. The maximum Gasteiger partial charge on any atom is 0.00979 e. The standard InChI is InChI=1S/C15H29N/c1-3-12-8-9-14(10-12)15(16-4-2)11-13-6-5-7-13/h12-16H,3-11H2,1-2H3. The molecule has 3 unspecified atom stereocenters. The van der Waals surface area contributed by atoms with Crippen molar-refractivity contribution in [1.29, 1.82) is 0 Å². The summed E-state index contributed by atoms with van der Waals surface area (Å²) in [4.78, 5) is 0. The van der Waals surface area contributed by atoms with Crippen molar-refractivity contribution in [1.82, 2.24) is 5.32 Å². The fraction of sp³-hybridized carbons (Fsp3) is 1.00. The molecule has 0 aromatic carbocycles. The Hall–Kier alpha value is -0.0400. The summed E-state index contributed by atoms with van der Waals surface area (Å²) in [5, 5.41) is 3.77. The normalized spacial score (nSPS) is 32.6. The van der Waals surface area contributed by atoms with Crippen LogP contribution in [0.1, 0.15) is 65.2 Å². The van der Waals surface area contributed by atoms with Crippen molar-refractivity contribution >= 4 is 0 Å². The van der Waals surface area contributed by atoms with Gasteiger partial charge in [0.25, 0.3) is 0 Å². The molecular formula is C15H29N. The predicted molar refractivity (Wildman–Crippen MR) is 70.5 cm³/mol. The number of rotatable bonds is 6. The molecule has 0 aromatic rings. The van der Waals surface area contributed by atoms with Gasteiger partial charge in [0, 0.05) is 6.04 Å². The Bertz CT molecular complexity index is 198. The van der Waals surface area contributed by atoms with E-state index in [4.69, 9.17) is 0 Å². The van der Waals surface area contributed by atoms with Gasteiger partial charge in [-0.1, -0.05) is 46.0 Å². The van der Waals surface area contributed by atoms with Gasteiger partial charge in [-0.05, 0) is 43.6 Å². The molecule has 94 valence electrons. The predicted octanol–water partition coefficient (Wildman–Crippen LogP) is 3.98. The summed E-state index contributed by atoms with van der Waals surface area (Å²) in [5.74, 6) is 3.09. The van der Waals surface area contributed by atoms with Gasteiger partial charge < -0.3 is 5.32 Å². The second-order valence-corrected chi connectivity index (χ2v) is 6.04. The van der Waals surface area contributed by atoms with E-state index in [9.17, 15) is 0 Å². The highest BCUT2D eigenvalue weighted by atomic mass is 14.9. The first-order valence-corrected chi connectivity index (χ1v) is 7.56. The van der Waals surface area contributed by atoms with Gasteiger partial charge in [-0.15, -0.1) is 0 Å². The van der Waals surface area contributed by atoms with E-state index in [1.807, 2.05) is 0 Å². The maximum atomic E-state index is 3.77. The third-order valence-corrected chi connectivity index (χ3v) is 5.01. The summed E-state index contributed by atoms with van der Waals surface area (Å²) in [6.07, 6.45) is 11.9. The van der Waals surface area contributed by atoms with Gasteiger partial charge in [0.15, 0.2) is 0 Å². The second-order valence-electron chi connectivity index (χ2n) is 6.04. The van der Waals surface area contributed by atoms with Crippen molar-refractivity contribution in [2.75, 3.05) is 6.54 Å². The summed E-state index contributed by atoms with van der Waals surface area (Å²) >= 11 is 0. The minimum atomic E-state index is 0.840. The molecule has 3 atom stereocenters. The van der Waals surface area contributed by atoms with Crippen molar-refractivity contribution in [3.05, 3.63) is 0 Å². The lowest BCUT2D eigenvalue weighted by Crippen LogP contribution is -2.38. The smallest absolute Gasteiger partial charge is 0.00979 e. The molecule has 1 N–H and O–H groups in total. The minimum absolute atomic E-state index is 0.840. The number of hydrogen-bond acceptors (Lipinski definition) is 1. The zero-order valence-corrected chi connectivity index (χ0v) is 11.2. The second kappa shape index (κ2) is 6.05. The van der Waals surface area contributed by atoms with Crippen LogP contribution < -0.4 is 5.32 Å². The van der Waals surface area contributed by atoms with Crippen molar-refractivity contribution < 1.29 is 0 Å². The molecule has 0 spiro atoms. The van der Waals surface area contributed by atoms with Crippen molar-refractivity contribution in [3.8, 4) is 0 Å². The Kier molecular flexibility index (Phi) is 4.69. The van der Waals surface area contributed by atoms with Crippen LogP contribution in [-0.4, -0.2) is 12.6 Å². The number of nitrogens with one attached hydrogen (secondary N) is 1. The first-order chi connectivity index (χ1) is 7.83. The zero-order valence-electron chi connectivity index (χ0n) is 11.2. The Balaban J connectivity index is 1.80. The molecule has 0 amide bonds. The molecule has 1 nitrogen and oxygen atoms in total. The molecule has 0 saturated heterocycles. The molecule has 0 aliphatic heterocycles. The largest absolute Gasteiger partial charge is 0.314 e. The van der Waals surface area contributed by atoms with Crippen molar-refractivity contribution in [2.24, 2.45) is 17.8 Å². The van der Waals surface area contributed by atoms with Crippen LogP contribution in [0.4, 0.5) is 0 Å². The highest BCUT2D eigenvalue weighted by Crippen LogP contribution is 2.39. The molecule has 2 rings (SSSR count). The summed E-state index contributed by atoms with van der Waals surface area (Å²) in [6, 6.07) is 0.840. The monoisotopic (exact) mass is 223 g/mol. The van der Waals surface area contributed by atoms with Crippen LogP contribution in [-0.2, 0) is 0 Å². The van der Waals surface area contributed by atoms with Crippen LogP contribution >= 0.6 is 0 Å². The SMILES string of the molecule is CCNC(CC1CCC1)C1CCC(CC)C1. The molecule has 0 aromatic heterocycles. The highest BCUT2D eigenvalue weighted by Gasteiger charge is 2.32. The minimum Gasteiger partial charge on any atom is -0.314 e.